The summed E-state index contributed by atoms with van der Waals surface area (Å²) in [6.07, 6.45) is 2.36. The van der Waals surface area contributed by atoms with Gasteiger partial charge in [0, 0.05) is 18.9 Å². The SMILES string of the molecule is CC(=O)N[C@H]1CC[C@@H](C(=O)NN)C1. The normalized spacial score (nSPS) is 26.9. The first-order valence-electron chi connectivity index (χ1n) is 4.41. The topological polar surface area (TPSA) is 84.2 Å². The second-order valence-electron chi connectivity index (χ2n) is 3.42. The van der Waals surface area contributed by atoms with Crippen LogP contribution in [-0.2, 0) is 9.59 Å². The average molecular weight is 185 g/mol. The number of hydrogen-bond donors (Lipinski definition) is 3. The molecular formula is C8H15N3O2. The van der Waals surface area contributed by atoms with Crippen LogP contribution in [0.5, 0.6) is 0 Å². The third-order valence-electron chi connectivity index (χ3n) is 2.35. The minimum absolute atomic E-state index is 0.0400. The first-order valence-corrected chi connectivity index (χ1v) is 4.41. The van der Waals surface area contributed by atoms with Crippen LogP contribution in [0.1, 0.15) is 26.2 Å². The predicted octanol–water partition coefficient (Wildman–Crippen LogP) is -0.719. The highest BCUT2D eigenvalue weighted by Crippen LogP contribution is 2.25. The van der Waals surface area contributed by atoms with E-state index in [0.717, 1.165) is 12.8 Å². The lowest BCUT2D eigenvalue weighted by atomic mass is 10.1. The van der Waals surface area contributed by atoms with Crippen molar-refractivity contribution in [3.05, 3.63) is 0 Å². The lowest BCUT2D eigenvalue weighted by Gasteiger charge is -2.10. The third-order valence-corrected chi connectivity index (χ3v) is 2.35. The molecule has 0 aromatic rings. The molecule has 0 heterocycles. The number of nitrogens with two attached hydrogens (primary N) is 1. The van der Waals surface area contributed by atoms with Crippen LogP contribution < -0.4 is 16.6 Å². The Hall–Kier alpha value is -1.10. The van der Waals surface area contributed by atoms with Gasteiger partial charge in [0.2, 0.25) is 11.8 Å². The van der Waals surface area contributed by atoms with Gasteiger partial charge in [0.1, 0.15) is 0 Å². The van der Waals surface area contributed by atoms with E-state index in [9.17, 15) is 9.59 Å². The Kier molecular flexibility index (Phi) is 3.25. The molecule has 1 aliphatic carbocycles. The maximum atomic E-state index is 11.1. The van der Waals surface area contributed by atoms with Crippen LogP contribution >= 0.6 is 0 Å². The van der Waals surface area contributed by atoms with Crippen molar-refractivity contribution in [1.82, 2.24) is 10.7 Å². The Morgan fingerprint density at radius 3 is 2.62 bits per heavy atom. The van der Waals surface area contributed by atoms with E-state index in [4.69, 9.17) is 5.84 Å². The maximum absolute atomic E-state index is 11.1. The van der Waals surface area contributed by atoms with E-state index in [1.54, 1.807) is 0 Å². The molecule has 1 saturated carbocycles. The quantitative estimate of drug-likeness (QED) is 0.301. The fourth-order valence-corrected chi connectivity index (χ4v) is 1.76. The van der Waals surface area contributed by atoms with Crippen molar-refractivity contribution in [1.29, 1.82) is 0 Å². The van der Waals surface area contributed by atoms with Gasteiger partial charge in [0.05, 0.1) is 0 Å². The van der Waals surface area contributed by atoms with E-state index in [2.05, 4.69) is 10.7 Å². The highest BCUT2D eigenvalue weighted by molar-refractivity contribution is 5.78. The van der Waals surface area contributed by atoms with E-state index < -0.39 is 0 Å². The van der Waals surface area contributed by atoms with E-state index in [-0.39, 0.29) is 23.8 Å². The highest BCUT2D eigenvalue weighted by Gasteiger charge is 2.29. The van der Waals surface area contributed by atoms with Gasteiger partial charge < -0.3 is 5.32 Å². The Labute approximate surface area is 77.0 Å². The van der Waals surface area contributed by atoms with E-state index >= 15 is 0 Å². The molecule has 1 fully saturated rings. The number of carbonyl (C=O) groups excluding carboxylic acids is 2. The summed E-state index contributed by atoms with van der Waals surface area (Å²) in [6.45, 7) is 1.48. The molecule has 2 amide bonds. The lowest BCUT2D eigenvalue weighted by Crippen LogP contribution is -2.36. The number of rotatable bonds is 2. The van der Waals surface area contributed by atoms with E-state index in [0.29, 0.717) is 6.42 Å². The van der Waals surface area contributed by atoms with Crippen LogP contribution in [0.15, 0.2) is 0 Å². The molecule has 2 atom stereocenters. The van der Waals surface area contributed by atoms with E-state index in [1.165, 1.54) is 6.92 Å². The summed E-state index contributed by atoms with van der Waals surface area (Å²) < 4.78 is 0. The smallest absolute Gasteiger partial charge is 0.237 e. The summed E-state index contributed by atoms with van der Waals surface area (Å²) in [5, 5.41) is 2.79. The number of carbonyl (C=O) groups is 2. The second-order valence-corrected chi connectivity index (χ2v) is 3.42. The molecule has 0 unspecified atom stereocenters. The molecule has 0 radical (unpaired) electrons. The molecular weight excluding hydrogens is 170 g/mol. The molecule has 0 aromatic heterocycles. The molecule has 1 aliphatic rings. The molecule has 1 rings (SSSR count). The molecule has 0 spiro atoms. The van der Waals surface area contributed by atoms with Gasteiger partial charge in [-0.2, -0.15) is 0 Å². The van der Waals surface area contributed by atoms with Crippen LogP contribution in [0, 0.1) is 5.92 Å². The molecule has 5 heteroatoms. The zero-order valence-corrected chi connectivity index (χ0v) is 7.67. The van der Waals surface area contributed by atoms with Gasteiger partial charge >= 0.3 is 0 Å². The Bertz CT molecular complexity index is 217. The Morgan fingerprint density at radius 1 is 1.38 bits per heavy atom. The van der Waals surface area contributed by atoms with Gasteiger partial charge in [0.25, 0.3) is 0 Å². The molecule has 4 N–H and O–H groups in total. The fourth-order valence-electron chi connectivity index (χ4n) is 1.76. The van der Waals surface area contributed by atoms with Gasteiger partial charge in [-0.3, -0.25) is 15.0 Å². The third kappa shape index (κ3) is 2.69. The van der Waals surface area contributed by atoms with Crippen molar-refractivity contribution in [3.63, 3.8) is 0 Å². The summed E-state index contributed by atoms with van der Waals surface area (Å²) >= 11 is 0. The van der Waals surface area contributed by atoms with Crippen LogP contribution in [0.4, 0.5) is 0 Å². The van der Waals surface area contributed by atoms with Gasteiger partial charge in [-0.05, 0) is 19.3 Å². The molecule has 0 aliphatic heterocycles. The van der Waals surface area contributed by atoms with Crippen LogP contribution in [0.2, 0.25) is 0 Å². The van der Waals surface area contributed by atoms with Gasteiger partial charge in [-0.1, -0.05) is 0 Å². The van der Waals surface area contributed by atoms with Crippen molar-refractivity contribution in [2.75, 3.05) is 0 Å². The summed E-state index contributed by atoms with van der Waals surface area (Å²) in [4.78, 5) is 21.8. The molecule has 74 valence electrons. The summed E-state index contributed by atoms with van der Waals surface area (Å²) in [7, 11) is 0. The van der Waals surface area contributed by atoms with Crippen molar-refractivity contribution in [2.24, 2.45) is 11.8 Å². The van der Waals surface area contributed by atoms with Crippen molar-refractivity contribution in [2.45, 2.75) is 32.2 Å². The minimum atomic E-state index is -0.132. The molecule has 0 aromatic carbocycles. The molecule has 0 bridgehead atoms. The predicted molar refractivity (Wildman–Crippen MR) is 47.3 cm³/mol. The zero-order valence-electron chi connectivity index (χ0n) is 7.67. The highest BCUT2D eigenvalue weighted by atomic mass is 16.2. The number of hydrazine groups is 1. The van der Waals surface area contributed by atoms with Crippen LogP contribution in [0.25, 0.3) is 0 Å². The maximum Gasteiger partial charge on any atom is 0.237 e. The number of amides is 2. The zero-order chi connectivity index (χ0) is 9.84. The first-order chi connectivity index (χ1) is 6.13. The average Bonchev–Trinajstić information content (AvgIpc) is 2.50. The molecule has 13 heavy (non-hydrogen) atoms. The lowest BCUT2D eigenvalue weighted by molar-refractivity contribution is -0.125. The van der Waals surface area contributed by atoms with Crippen molar-refractivity contribution >= 4 is 11.8 Å². The second kappa shape index (κ2) is 4.23. The summed E-state index contributed by atoms with van der Waals surface area (Å²) in [6, 6.07) is 0.139. The van der Waals surface area contributed by atoms with Gasteiger partial charge in [0.15, 0.2) is 0 Å². The van der Waals surface area contributed by atoms with E-state index in [1.807, 2.05) is 0 Å². The number of nitrogens with one attached hydrogen (secondary N) is 2. The van der Waals surface area contributed by atoms with Crippen molar-refractivity contribution in [3.8, 4) is 0 Å². The molecule has 5 nitrogen and oxygen atoms in total. The number of hydrogen-bond acceptors (Lipinski definition) is 3. The van der Waals surface area contributed by atoms with Gasteiger partial charge in [-0.25, -0.2) is 5.84 Å². The van der Waals surface area contributed by atoms with Crippen LogP contribution in [-0.4, -0.2) is 17.9 Å². The fraction of sp³-hybridized carbons (Fsp3) is 0.750. The van der Waals surface area contributed by atoms with Crippen LogP contribution in [0.3, 0.4) is 0 Å². The summed E-state index contributed by atoms with van der Waals surface area (Å²) in [5.74, 6) is 4.80. The Balaban J connectivity index is 2.36. The Morgan fingerprint density at radius 2 is 2.08 bits per heavy atom. The van der Waals surface area contributed by atoms with Crippen molar-refractivity contribution < 1.29 is 9.59 Å². The monoisotopic (exact) mass is 185 g/mol. The summed E-state index contributed by atoms with van der Waals surface area (Å²) in [5.41, 5.74) is 2.13. The largest absolute Gasteiger partial charge is 0.354 e. The first kappa shape index (κ1) is 9.98. The minimum Gasteiger partial charge on any atom is -0.354 e. The standard InChI is InChI=1S/C8H15N3O2/c1-5(12)10-7-3-2-6(4-7)8(13)11-9/h6-7H,2-4,9H2,1H3,(H,10,12)(H,11,13)/t6-,7+/m1/s1. The van der Waals surface area contributed by atoms with Gasteiger partial charge in [-0.15, -0.1) is 0 Å². The molecule has 0 saturated heterocycles.